The molecule has 1 saturated carbocycles. The number of amides is 1. The maximum Gasteiger partial charge on any atom is 0.339 e. The van der Waals surface area contributed by atoms with Crippen LogP contribution >= 0.6 is 11.6 Å². The number of halogens is 1. The van der Waals surface area contributed by atoms with Crippen LogP contribution in [0.1, 0.15) is 34.9 Å². The molecule has 24 heavy (non-hydrogen) atoms. The number of benzene rings is 2. The Morgan fingerprint density at radius 1 is 1.17 bits per heavy atom. The van der Waals surface area contributed by atoms with E-state index in [1.807, 2.05) is 6.07 Å². The van der Waals surface area contributed by atoms with Gasteiger partial charge in [0.1, 0.15) is 0 Å². The number of esters is 1. The molecule has 0 aromatic heterocycles. The Balaban J connectivity index is 1.81. The van der Waals surface area contributed by atoms with E-state index in [0.29, 0.717) is 10.6 Å². The fourth-order valence-corrected chi connectivity index (χ4v) is 2.37. The van der Waals surface area contributed by atoms with E-state index in [1.165, 1.54) is 18.2 Å². The van der Waals surface area contributed by atoms with Crippen LogP contribution in [0.3, 0.4) is 0 Å². The van der Waals surface area contributed by atoms with Gasteiger partial charge in [-0.2, -0.15) is 0 Å². The standard InChI is InChI=1S/C18H17ClN2O3/c19-14-9-6-12(10-15(14)20)18(23)24-16(11-4-2-1-3-5-11)17(22)21-13-7-8-13/h1-6,9-10,13,16H,7-8,20H2,(H,21,22). The number of hydrogen-bond acceptors (Lipinski definition) is 4. The number of nitrogen functional groups attached to an aromatic ring is 1. The summed E-state index contributed by atoms with van der Waals surface area (Å²) in [5.41, 5.74) is 6.86. The Labute approximate surface area is 144 Å². The first-order valence-corrected chi connectivity index (χ1v) is 8.03. The fraction of sp³-hybridized carbons (Fsp3) is 0.222. The van der Waals surface area contributed by atoms with E-state index < -0.39 is 12.1 Å². The third-order valence-corrected chi connectivity index (χ3v) is 4.06. The van der Waals surface area contributed by atoms with Crippen LogP contribution in [-0.4, -0.2) is 17.9 Å². The van der Waals surface area contributed by atoms with Gasteiger partial charge in [-0.1, -0.05) is 41.9 Å². The summed E-state index contributed by atoms with van der Waals surface area (Å²) < 4.78 is 5.46. The van der Waals surface area contributed by atoms with Crippen molar-refractivity contribution in [2.24, 2.45) is 0 Å². The predicted molar refractivity (Wildman–Crippen MR) is 91.6 cm³/mol. The molecule has 0 bridgehead atoms. The Morgan fingerprint density at radius 2 is 1.88 bits per heavy atom. The van der Waals surface area contributed by atoms with Gasteiger partial charge in [0, 0.05) is 11.6 Å². The molecule has 3 N–H and O–H groups in total. The SMILES string of the molecule is Nc1cc(C(=O)OC(C(=O)NC2CC2)c2ccccc2)ccc1Cl. The van der Waals surface area contributed by atoms with Gasteiger partial charge in [0.05, 0.1) is 16.3 Å². The Morgan fingerprint density at radius 3 is 2.50 bits per heavy atom. The summed E-state index contributed by atoms with van der Waals surface area (Å²) in [4.78, 5) is 24.8. The highest BCUT2D eigenvalue weighted by Crippen LogP contribution is 2.25. The third-order valence-electron chi connectivity index (χ3n) is 3.72. The maximum atomic E-state index is 12.4. The number of ether oxygens (including phenoxy) is 1. The quantitative estimate of drug-likeness (QED) is 0.645. The molecule has 2 aromatic rings. The molecule has 1 aliphatic rings. The van der Waals surface area contributed by atoms with E-state index in [2.05, 4.69) is 5.32 Å². The summed E-state index contributed by atoms with van der Waals surface area (Å²) >= 11 is 5.86. The molecule has 0 radical (unpaired) electrons. The molecule has 0 aliphatic heterocycles. The van der Waals surface area contributed by atoms with Gasteiger partial charge in [0.2, 0.25) is 6.10 Å². The van der Waals surface area contributed by atoms with E-state index in [9.17, 15) is 9.59 Å². The van der Waals surface area contributed by atoms with Crippen LogP contribution in [0.15, 0.2) is 48.5 Å². The minimum absolute atomic E-state index is 0.175. The second-order valence-electron chi connectivity index (χ2n) is 5.72. The van der Waals surface area contributed by atoms with Crippen LogP contribution in [0, 0.1) is 0 Å². The second-order valence-corrected chi connectivity index (χ2v) is 6.12. The molecule has 3 rings (SSSR count). The van der Waals surface area contributed by atoms with Crippen molar-refractivity contribution in [2.45, 2.75) is 25.0 Å². The topological polar surface area (TPSA) is 81.4 Å². The minimum atomic E-state index is -1.00. The van der Waals surface area contributed by atoms with Crippen molar-refractivity contribution in [1.29, 1.82) is 0 Å². The van der Waals surface area contributed by atoms with Crippen molar-refractivity contribution >= 4 is 29.2 Å². The Kier molecular flexibility index (Phi) is 4.71. The van der Waals surface area contributed by atoms with Crippen LogP contribution in [0.5, 0.6) is 0 Å². The molecular weight excluding hydrogens is 328 g/mol. The van der Waals surface area contributed by atoms with E-state index in [-0.39, 0.29) is 23.2 Å². The van der Waals surface area contributed by atoms with Gasteiger partial charge in [-0.05, 0) is 31.0 Å². The highest BCUT2D eigenvalue weighted by atomic mass is 35.5. The summed E-state index contributed by atoms with van der Waals surface area (Å²) in [6, 6.07) is 13.6. The van der Waals surface area contributed by atoms with Crippen molar-refractivity contribution in [2.75, 3.05) is 5.73 Å². The van der Waals surface area contributed by atoms with Crippen molar-refractivity contribution in [3.63, 3.8) is 0 Å². The minimum Gasteiger partial charge on any atom is -0.444 e. The van der Waals surface area contributed by atoms with Gasteiger partial charge in [0.25, 0.3) is 5.91 Å². The number of carbonyl (C=O) groups excluding carboxylic acids is 2. The molecule has 0 heterocycles. The van der Waals surface area contributed by atoms with E-state index in [1.54, 1.807) is 24.3 Å². The van der Waals surface area contributed by atoms with Crippen molar-refractivity contribution in [1.82, 2.24) is 5.32 Å². The first-order valence-electron chi connectivity index (χ1n) is 7.66. The van der Waals surface area contributed by atoms with Gasteiger partial charge in [-0.3, -0.25) is 4.79 Å². The van der Waals surface area contributed by atoms with Gasteiger partial charge in [-0.15, -0.1) is 0 Å². The average molecular weight is 345 g/mol. The average Bonchev–Trinajstić information content (AvgIpc) is 3.39. The van der Waals surface area contributed by atoms with Crippen LogP contribution in [0.4, 0.5) is 5.69 Å². The summed E-state index contributed by atoms with van der Waals surface area (Å²) in [7, 11) is 0. The van der Waals surface area contributed by atoms with Gasteiger partial charge < -0.3 is 15.8 Å². The molecule has 0 saturated heterocycles. The zero-order chi connectivity index (χ0) is 17.1. The summed E-state index contributed by atoms with van der Waals surface area (Å²) in [6.45, 7) is 0. The highest BCUT2D eigenvalue weighted by molar-refractivity contribution is 6.33. The first kappa shape index (κ1) is 16.3. The number of hydrogen-bond donors (Lipinski definition) is 2. The number of anilines is 1. The summed E-state index contributed by atoms with van der Waals surface area (Å²) in [5, 5.41) is 3.23. The van der Waals surface area contributed by atoms with Crippen LogP contribution in [-0.2, 0) is 9.53 Å². The molecule has 1 fully saturated rings. The van der Waals surface area contributed by atoms with Crippen LogP contribution < -0.4 is 11.1 Å². The smallest absolute Gasteiger partial charge is 0.339 e. The van der Waals surface area contributed by atoms with Gasteiger partial charge >= 0.3 is 5.97 Å². The molecule has 0 spiro atoms. The lowest BCUT2D eigenvalue weighted by Crippen LogP contribution is -2.33. The maximum absolute atomic E-state index is 12.4. The highest BCUT2D eigenvalue weighted by Gasteiger charge is 2.31. The zero-order valence-corrected chi connectivity index (χ0v) is 13.6. The van der Waals surface area contributed by atoms with Crippen molar-refractivity contribution in [3.8, 4) is 0 Å². The lowest BCUT2D eigenvalue weighted by Gasteiger charge is -2.18. The molecule has 1 aliphatic carbocycles. The van der Waals surface area contributed by atoms with E-state index >= 15 is 0 Å². The molecule has 124 valence electrons. The lowest BCUT2D eigenvalue weighted by atomic mass is 10.1. The van der Waals surface area contributed by atoms with E-state index in [4.69, 9.17) is 22.1 Å². The third kappa shape index (κ3) is 3.86. The lowest BCUT2D eigenvalue weighted by molar-refractivity contribution is -0.130. The summed E-state index contributed by atoms with van der Waals surface area (Å²) in [6.07, 6.45) is 0.903. The second kappa shape index (κ2) is 6.93. The number of carbonyl (C=O) groups is 2. The van der Waals surface area contributed by atoms with E-state index in [0.717, 1.165) is 12.8 Å². The molecule has 1 unspecified atom stereocenters. The number of nitrogens with one attached hydrogen (secondary N) is 1. The molecular formula is C18H17ClN2O3. The normalized spacial score (nSPS) is 14.7. The molecule has 6 heteroatoms. The van der Waals surface area contributed by atoms with Crippen molar-refractivity contribution < 1.29 is 14.3 Å². The first-order chi connectivity index (χ1) is 11.5. The number of nitrogens with two attached hydrogens (primary N) is 1. The monoisotopic (exact) mass is 344 g/mol. The Bertz CT molecular complexity index is 760. The molecule has 2 aromatic carbocycles. The fourth-order valence-electron chi connectivity index (χ4n) is 2.25. The zero-order valence-electron chi connectivity index (χ0n) is 12.9. The largest absolute Gasteiger partial charge is 0.444 e. The van der Waals surface area contributed by atoms with Crippen LogP contribution in [0.2, 0.25) is 5.02 Å². The summed E-state index contributed by atoms with van der Waals surface area (Å²) in [5.74, 6) is -0.947. The van der Waals surface area contributed by atoms with Crippen molar-refractivity contribution in [3.05, 3.63) is 64.7 Å². The van der Waals surface area contributed by atoms with Gasteiger partial charge in [0.15, 0.2) is 0 Å². The number of rotatable bonds is 5. The molecule has 1 atom stereocenters. The predicted octanol–water partition coefficient (Wildman–Crippen LogP) is 3.10. The van der Waals surface area contributed by atoms with Crippen LogP contribution in [0.25, 0.3) is 0 Å². The Hall–Kier alpha value is -2.53. The van der Waals surface area contributed by atoms with Gasteiger partial charge in [-0.25, -0.2) is 4.79 Å². The molecule has 1 amide bonds. The molecule has 5 nitrogen and oxygen atoms in total.